The number of esters is 1. The number of carbonyl (C=O) groups is 1. The standard InChI is InChI=1S/C28H32O2Si/c1-23(2)27(29)30-22-14-21-28(3,4)31(24-15-8-5-9-16-24,25-17-10-6-11-18-25)26-19-12-7-13-20-26/h5-13,15-20H,1,14,21-22H2,2-4H3. The van der Waals surface area contributed by atoms with Crippen LogP contribution >= 0.6 is 0 Å². The SMILES string of the molecule is C=C(C)C(=O)OCCCC(C)(C)[Si](c1ccccc1)(c1ccccc1)c1ccccc1. The zero-order valence-corrected chi connectivity index (χ0v) is 19.8. The predicted octanol–water partition coefficient (Wildman–Crippen LogP) is 4.84. The van der Waals surface area contributed by atoms with E-state index in [0.717, 1.165) is 12.8 Å². The first kappa shape index (κ1) is 22.8. The van der Waals surface area contributed by atoms with Gasteiger partial charge >= 0.3 is 5.97 Å². The highest BCUT2D eigenvalue weighted by molar-refractivity contribution is 7.13. The Morgan fingerprint density at radius 1 is 0.806 bits per heavy atom. The number of hydrogen-bond donors (Lipinski definition) is 0. The van der Waals surface area contributed by atoms with Gasteiger partial charge in [-0.15, -0.1) is 0 Å². The Kier molecular flexibility index (Phi) is 7.29. The van der Waals surface area contributed by atoms with Crippen LogP contribution in [0.5, 0.6) is 0 Å². The van der Waals surface area contributed by atoms with Crippen molar-refractivity contribution < 1.29 is 9.53 Å². The molecule has 0 bridgehead atoms. The molecule has 0 N–H and O–H groups in total. The van der Waals surface area contributed by atoms with Gasteiger partial charge in [0.05, 0.1) is 6.61 Å². The van der Waals surface area contributed by atoms with Crippen LogP contribution in [0, 0.1) is 0 Å². The summed E-state index contributed by atoms with van der Waals surface area (Å²) < 4.78 is 5.41. The normalized spacial score (nSPS) is 11.7. The van der Waals surface area contributed by atoms with E-state index < -0.39 is 8.07 Å². The van der Waals surface area contributed by atoms with Gasteiger partial charge in [0.25, 0.3) is 0 Å². The molecule has 3 aromatic rings. The quantitative estimate of drug-likeness (QED) is 0.160. The van der Waals surface area contributed by atoms with E-state index in [4.69, 9.17) is 4.74 Å². The lowest BCUT2D eigenvalue weighted by Gasteiger charge is -2.47. The van der Waals surface area contributed by atoms with Gasteiger partial charge in [-0.1, -0.05) is 111 Å². The molecule has 0 aliphatic heterocycles. The monoisotopic (exact) mass is 428 g/mol. The second-order valence-electron chi connectivity index (χ2n) is 8.75. The van der Waals surface area contributed by atoms with Crippen molar-refractivity contribution in [3.05, 3.63) is 103 Å². The molecule has 2 nitrogen and oxygen atoms in total. The van der Waals surface area contributed by atoms with Gasteiger partial charge in [0.15, 0.2) is 8.07 Å². The number of ether oxygens (including phenoxy) is 1. The topological polar surface area (TPSA) is 26.3 Å². The third kappa shape index (κ3) is 4.72. The van der Waals surface area contributed by atoms with Gasteiger partial charge in [-0.25, -0.2) is 4.79 Å². The molecule has 160 valence electrons. The van der Waals surface area contributed by atoms with Crippen molar-refractivity contribution in [1.29, 1.82) is 0 Å². The highest BCUT2D eigenvalue weighted by Gasteiger charge is 2.51. The van der Waals surface area contributed by atoms with Crippen LogP contribution < -0.4 is 15.6 Å². The third-order valence-corrected chi connectivity index (χ3v) is 12.0. The van der Waals surface area contributed by atoms with Crippen LogP contribution in [0.2, 0.25) is 5.04 Å². The van der Waals surface area contributed by atoms with E-state index in [1.54, 1.807) is 6.92 Å². The van der Waals surface area contributed by atoms with E-state index in [2.05, 4.69) is 111 Å². The van der Waals surface area contributed by atoms with Crippen molar-refractivity contribution in [1.82, 2.24) is 0 Å². The molecule has 3 heteroatoms. The Morgan fingerprint density at radius 3 is 1.55 bits per heavy atom. The molecule has 0 radical (unpaired) electrons. The molecule has 3 aromatic carbocycles. The zero-order chi connectivity index (χ0) is 22.3. The van der Waals surface area contributed by atoms with Crippen LogP contribution in [0.4, 0.5) is 0 Å². The van der Waals surface area contributed by atoms with Crippen molar-refractivity contribution in [2.45, 2.75) is 38.7 Å². The van der Waals surface area contributed by atoms with Gasteiger partial charge in [-0.05, 0) is 40.4 Å². The van der Waals surface area contributed by atoms with Crippen LogP contribution in [-0.2, 0) is 9.53 Å². The summed E-state index contributed by atoms with van der Waals surface area (Å²) in [6.07, 6.45) is 1.76. The molecular formula is C28H32O2Si. The van der Waals surface area contributed by atoms with Gasteiger partial charge in [-0.2, -0.15) is 0 Å². The summed E-state index contributed by atoms with van der Waals surface area (Å²) in [6.45, 7) is 10.5. The molecule has 0 unspecified atom stereocenters. The highest BCUT2D eigenvalue weighted by atomic mass is 28.3. The van der Waals surface area contributed by atoms with E-state index >= 15 is 0 Å². The van der Waals surface area contributed by atoms with Crippen LogP contribution in [0.3, 0.4) is 0 Å². The molecule has 0 aliphatic rings. The zero-order valence-electron chi connectivity index (χ0n) is 18.8. The van der Waals surface area contributed by atoms with Crippen molar-refractivity contribution in [3.63, 3.8) is 0 Å². The summed E-state index contributed by atoms with van der Waals surface area (Å²) in [5.74, 6) is -0.310. The minimum atomic E-state index is -2.41. The summed E-state index contributed by atoms with van der Waals surface area (Å²) in [5.41, 5.74) is 0.445. The maximum atomic E-state index is 11.8. The second kappa shape index (κ2) is 9.93. The van der Waals surface area contributed by atoms with E-state index in [1.165, 1.54) is 15.6 Å². The molecule has 31 heavy (non-hydrogen) atoms. The first-order valence-corrected chi connectivity index (χ1v) is 12.9. The van der Waals surface area contributed by atoms with Crippen LogP contribution in [0.15, 0.2) is 103 Å². The second-order valence-corrected chi connectivity index (χ2v) is 13.3. The highest BCUT2D eigenvalue weighted by Crippen LogP contribution is 2.41. The lowest BCUT2D eigenvalue weighted by atomic mass is 10.1. The fourth-order valence-electron chi connectivity index (χ4n) is 4.73. The Labute approximate surface area is 187 Å². The van der Waals surface area contributed by atoms with Gasteiger partial charge in [-0.3, -0.25) is 0 Å². The molecule has 0 aliphatic carbocycles. The average molecular weight is 429 g/mol. The molecule has 0 saturated heterocycles. The van der Waals surface area contributed by atoms with Gasteiger partial charge in [0, 0.05) is 5.57 Å². The Balaban J connectivity index is 2.09. The van der Waals surface area contributed by atoms with Gasteiger partial charge in [0.1, 0.15) is 0 Å². The third-order valence-electron chi connectivity index (χ3n) is 6.16. The van der Waals surface area contributed by atoms with Crippen molar-refractivity contribution >= 4 is 29.6 Å². The van der Waals surface area contributed by atoms with E-state index in [-0.39, 0.29) is 11.0 Å². The van der Waals surface area contributed by atoms with Crippen LogP contribution in [0.25, 0.3) is 0 Å². The van der Waals surface area contributed by atoms with Crippen LogP contribution in [0.1, 0.15) is 33.6 Å². The molecule has 0 heterocycles. The van der Waals surface area contributed by atoms with Crippen LogP contribution in [-0.4, -0.2) is 20.7 Å². The fourth-order valence-corrected chi connectivity index (χ4v) is 10.7. The number of rotatable bonds is 9. The number of benzene rings is 3. The molecule has 3 rings (SSSR count). The molecular weight excluding hydrogens is 396 g/mol. The largest absolute Gasteiger partial charge is 0.462 e. The molecule has 0 spiro atoms. The molecule has 0 aromatic heterocycles. The van der Waals surface area contributed by atoms with E-state index in [1.807, 2.05) is 0 Å². The molecule has 0 fully saturated rings. The molecule has 0 amide bonds. The Hall–Kier alpha value is -2.91. The molecule has 0 saturated carbocycles. The van der Waals surface area contributed by atoms with Gasteiger partial charge in [0.2, 0.25) is 0 Å². The summed E-state index contributed by atoms with van der Waals surface area (Å²) in [5, 5.41) is 4.18. The first-order valence-electron chi connectivity index (χ1n) is 10.9. The smallest absolute Gasteiger partial charge is 0.333 e. The maximum absolute atomic E-state index is 11.8. The summed E-state index contributed by atoms with van der Waals surface area (Å²) in [7, 11) is -2.41. The van der Waals surface area contributed by atoms with Gasteiger partial charge < -0.3 is 4.74 Å². The average Bonchev–Trinajstić information content (AvgIpc) is 2.79. The fraction of sp³-hybridized carbons (Fsp3) is 0.250. The summed E-state index contributed by atoms with van der Waals surface area (Å²) in [4.78, 5) is 11.8. The van der Waals surface area contributed by atoms with E-state index in [9.17, 15) is 4.79 Å². The maximum Gasteiger partial charge on any atom is 0.333 e. The first-order chi connectivity index (χ1) is 14.9. The number of carbonyl (C=O) groups excluding carboxylic acids is 1. The number of hydrogen-bond acceptors (Lipinski definition) is 2. The Morgan fingerprint density at radius 2 is 1.19 bits per heavy atom. The minimum Gasteiger partial charge on any atom is -0.462 e. The summed E-state index contributed by atoms with van der Waals surface area (Å²) in [6, 6.07) is 32.9. The van der Waals surface area contributed by atoms with Crippen molar-refractivity contribution in [2.75, 3.05) is 6.61 Å². The molecule has 0 atom stereocenters. The Bertz CT molecular complexity index is 898. The van der Waals surface area contributed by atoms with Crippen molar-refractivity contribution in [3.8, 4) is 0 Å². The summed E-state index contributed by atoms with van der Waals surface area (Å²) >= 11 is 0. The van der Waals surface area contributed by atoms with E-state index in [0.29, 0.717) is 12.2 Å². The van der Waals surface area contributed by atoms with Crippen molar-refractivity contribution in [2.24, 2.45) is 0 Å². The predicted molar refractivity (Wildman–Crippen MR) is 133 cm³/mol. The lowest BCUT2D eigenvalue weighted by Crippen LogP contribution is -2.72. The lowest BCUT2D eigenvalue weighted by molar-refractivity contribution is -0.139. The minimum absolute atomic E-state index is 0.0211.